The first-order valence-corrected chi connectivity index (χ1v) is 6.99. The van der Waals surface area contributed by atoms with Crippen LogP contribution in [0, 0.1) is 12.7 Å². The Hall–Kier alpha value is -1.87. The molecule has 1 aliphatic rings. The molecular weight excluding hydrogens is 251 g/mol. The summed E-state index contributed by atoms with van der Waals surface area (Å²) >= 11 is 0. The molecule has 3 rings (SSSR count). The van der Waals surface area contributed by atoms with Gasteiger partial charge >= 0.3 is 0 Å². The van der Waals surface area contributed by atoms with Gasteiger partial charge in [0.25, 0.3) is 0 Å². The molecule has 2 aromatic rings. The number of para-hydroxylation sites is 1. The van der Waals surface area contributed by atoms with E-state index in [1.165, 1.54) is 17.3 Å². The highest BCUT2D eigenvalue weighted by Gasteiger charge is 2.22. The van der Waals surface area contributed by atoms with E-state index in [4.69, 9.17) is 5.73 Å². The fourth-order valence-electron chi connectivity index (χ4n) is 2.84. The highest BCUT2D eigenvalue weighted by atomic mass is 19.1. The first-order chi connectivity index (χ1) is 9.65. The van der Waals surface area contributed by atoms with E-state index in [1.54, 1.807) is 6.07 Å². The topological polar surface area (TPSA) is 29.3 Å². The van der Waals surface area contributed by atoms with E-state index in [2.05, 4.69) is 17.0 Å². The second-order valence-electron chi connectivity index (χ2n) is 5.45. The zero-order valence-corrected chi connectivity index (χ0v) is 11.6. The van der Waals surface area contributed by atoms with E-state index in [1.807, 2.05) is 25.1 Å². The van der Waals surface area contributed by atoms with Crippen molar-refractivity contribution in [2.45, 2.75) is 25.9 Å². The summed E-state index contributed by atoms with van der Waals surface area (Å²) in [6.07, 6.45) is 0.936. The van der Waals surface area contributed by atoms with Crippen LogP contribution >= 0.6 is 0 Å². The molecule has 1 unspecified atom stereocenters. The predicted molar refractivity (Wildman–Crippen MR) is 80.2 cm³/mol. The third kappa shape index (κ3) is 2.41. The van der Waals surface area contributed by atoms with Gasteiger partial charge in [-0.1, -0.05) is 24.3 Å². The lowest BCUT2D eigenvalue weighted by Gasteiger charge is -2.34. The van der Waals surface area contributed by atoms with Gasteiger partial charge in [-0.3, -0.25) is 0 Å². The Kier molecular flexibility index (Phi) is 3.45. The van der Waals surface area contributed by atoms with E-state index in [0.717, 1.165) is 30.6 Å². The van der Waals surface area contributed by atoms with Crippen molar-refractivity contribution in [3.05, 3.63) is 65.0 Å². The molecule has 3 heteroatoms. The van der Waals surface area contributed by atoms with E-state index < -0.39 is 0 Å². The summed E-state index contributed by atoms with van der Waals surface area (Å²) < 4.78 is 13.4. The van der Waals surface area contributed by atoms with Crippen LogP contribution in [-0.4, -0.2) is 6.54 Å². The third-order valence-electron chi connectivity index (χ3n) is 4.06. The fourth-order valence-corrected chi connectivity index (χ4v) is 2.84. The molecule has 1 aliphatic heterocycles. The second-order valence-corrected chi connectivity index (χ2v) is 5.45. The first kappa shape index (κ1) is 13.1. The third-order valence-corrected chi connectivity index (χ3v) is 4.06. The lowest BCUT2D eigenvalue weighted by atomic mass is 9.96. The standard InChI is InChI=1S/C17H19FN2/c1-12-6-7-14(18)10-13(12)11-20-9-8-16(19)15-4-2-3-5-17(15)20/h2-7,10,16H,8-9,11,19H2,1H3. The van der Waals surface area contributed by atoms with Gasteiger partial charge in [0.1, 0.15) is 5.82 Å². The number of aryl methyl sites for hydroxylation is 1. The minimum absolute atomic E-state index is 0.107. The van der Waals surface area contributed by atoms with Crippen molar-refractivity contribution < 1.29 is 4.39 Å². The van der Waals surface area contributed by atoms with Gasteiger partial charge in [-0.05, 0) is 48.2 Å². The van der Waals surface area contributed by atoms with Gasteiger partial charge in [0.05, 0.1) is 0 Å². The van der Waals surface area contributed by atoms with Gasteiger partial charge in [-0.2, -0.15) is 0 Å². The van der Waals surface area contributed by atoms with Gasteiger partial charge in [-0.15, -0.1) is 0 Å². The Labute approximate surface area is 119 Å². The Bertz CT molecular complexity index is 624. The molecule has 2 aromatic carbocycles. The van der Waals surface area contributed by atoms with Crippen LogP contribution in [0.25, 0.3) is 0 Å². The lowest BCUT2D eigenvalue weighted by Crippen LogP contribution is -2.33. The number of anilines is 1. The number of halogens is 1. The molecule has 2 nitrogen and oxygen atoms in total. The fraction of sp³-hybridized carbons (Fsp3) is 0.294. The van der Waals surface area contributed by atoms with Crippen LogP contribution in [0.1, 0.15) is 29.2 Å². The molecule has 0 saturated carbocycles. The molecule has 104 valence electrons. The number of benzene rings is 2. The zero-order valence-electron chi connectivity index (χ0n) is 11.6. The molecule has 1 heterocycles. The highest BCUT2D eigenvalue weighted by Crippen LogP contribution is 2.33. The normalized spacial score (nSPS) is 17.9. The van der Waals surface area contributed by atoms with Gasteiger partial charge in [0.2, 0.25) is 0 Å². The minimum Gasteiger partial charge on any atom is -0.367 e. The molecule has 0 saturated heterocycles. The monoisotopic (exact) mass is 270 g/mol. The van der Waals surface area contributed by atoms with Crippen molar-refractivity contribution in [1.82, 2.24) is 0 Å². The summed E-state index contributed by atoms with van der Waals surface area (Å²) in [6, 6.07) is 13.3. The zero-order chi connectivity index (χ0) is 14.1. The van der Waals surface area contributed by atoms with Crippen LogP contribution in [0.15, 0.2) is 42.5 Å². The smallest absolute Gasteiger partial charge is 0.123 e. The number of nitrogens with zero attached hydrogens (tertiary/aromatic N) is 1. The average molecular weight is 270 g/mol. The van der Waals surface area contributed by atoms with Crippen LogP contribution in [0.5, 0.6) is 0 Å². The largest absolute Gasteiger partial charge is 0.367 e. The molecule has 0 aromatic heterocycles. The van der Waals surface area contributed by atoms with Crippen molar-refractivity contribution in [3.63, 3.8) is 0 Å². The highest BCUT2D eigenvalue weighted by molar-refractivity contribution is 5.57. The van der Waals surface area contributed by atoms with Crippen molar-refractivity contribution in [2.75, 3.05) is 11.4 Å². The summed E-state index contributed by atoms with van der Waals surface area (Å²) in [5, 5.41) is 0. The maximum absolute atomic E-state index is 13.4. The maximum atomic E-state index is 13.4. The van der Waals surface area contributed by atoms with Gasteiger partial charge in [-0.25, -0.2) is 4.39 Å². The number of rotatable bonds is 2. The molecule has 0 bridgehead atoms. The Balaban J connectivity index is 1.92. The summed E-state index contributed by atoms with van der Waals surface area (Å²) in [5.41, 5.74) is 10.7. The Morgan fingerprint density at radius 3 is 2.90 bits per heavy atom. The van der Waals surface area contributed by atoms with Crippen LogP contribution < -0.4 is 10.6 Å². The molecule has 0 aliphatic carbocycles. The Morgan fingerprint density at radius 1 is 1.25 bits per heavy atom. The predicted octanol–water partition coefficient (Wildman–Crippen LogP) is 3.54. The van der Waals surface area contributed by atoms with Crippen molar-refractivity contribution in [2.24, 2.45) is 5.73 Å². The van der Waals surface area contributed by atoms with Crippen molar-refractivity contribution in [1.29, 1.82) is 0 Å². The average Bonchev–Trinajstić information content (AvgIpc) is 2.46. The molecular formula is C17H19FN2. The van der Waals surface area contributed by atoms with Crippen LogP contribution in [0.3, 0.4) is 0 Å². The maximum Gasteiger partial charge on any atom is 0.123 e. The van der Waals surface area contributed by atoms with Crippen LogP contribution in [0.2, 0.25) is 0 Å². The number of hydrogen-bond acceptors (Lipinski definition) is 2. The summed E-state index contributed by atoms with van der Waals surface area (Å²) in [6.45, 7) is 3.66. The number of nitrogens with two attached hydrogens (primary N) is 1. The molecule has 0 fully saturated rings. The molecule has 20 heavy (non-hydrogen) atoms. The minimum atomic E-state index is -0.174. The van der Waals surface area contributed by atoms with E-state index in [9.17, 15) is 4.39 Å². The van der Waals surface area contributed by atoms with E-state index >= 15 is 0 Å². The van der Waals surface area contributed by atoms with Crippen molar-refractivity contribution in [3.8, 4) is 0 Å². The Morgan fingerprint density at radius 2 is 2.05 bits per heavy atom. The van der Waals surface area contributed by atoms with Gasteiger partial charge < -0.3 is 10.6 Å². The SMILES string of the molecule is Cc1ccc(F)cc1CN1CCC(N)c2ccccc21. The van der Waals surface area contributed by atoms with Crippen LogP contribution in [0.4, 0.5) is 10.1 Å². The van der Waals surface area contributed by atoms with E-state index in [0.29, 0.717) is 0 Å². The summed E-state index contributed by atoms with van der Waals surface area (Å²) in [5.74, 6) is -0.174. The molecule has 0 radical (unpaired) electrons. The van der Waals surface area contributed by atoms with Gasteiger partial charge in [0.15, 0.2) is 0 Å². The summed E-state index contributed by atoms with van der Waals surface area (Å²) in [7, 11) is 0. The lowest BCUT2D eigenvalue weighted by molar-refractivity contribution is 0.586. The molecule has 1 atom stereocenters. The molecule has 2 N–H and O–H groups in total. The first-order valence-electron chi connectivity index (χ1n) is 6.99. The van der Waals surface area contributed by atoms with E-state index in [-0.39, 0.29) is 11.9 Å². The quantitative estimate of drug-likeness (QED) is 0.904. The molecule has 0 amide bonds. The van der Waals surface area contributed by atoms with Crippen LogP contribution in [-0.2, 0) is 6.54 Å². The second kappa shape index (κ2) is 5.25. The van der Waals surface area contributed by atoms with Gasteiger partial charge in [0, 0.05) is 24.8 Å². The molecule has 0 spiro atoms. The van der Waals surface area contributed by atoms with Crippen molar-refractivity contribution >= 4 is 5.69 Å². The summed E-state index contributed by atoms with van der Waals surface area (Å²) in [4.78, 5) is 2.29. The number of fused-ring (bicyclic) bond motifs is 1. The number of hydrogen-bond donors (Lipinski definition) is 1.